The lowest BCUT2D eigenvalue weighted by molar-refractivity contribution is -0.118. The lowest BCUT2D eigenvalue weighted by Crippen LogP contribution is -2.17. The SMILES string of the molecule is NC(=O)Cn1cc(-c2nc3c4c5c(sc4ncn3n2)CCCC5)c2ccccc21. The fourth-order valence-corrected chi connectivity index (χ4v) is 5.62. The van der Waals surface area contributed by atoms with Crippen LogP contribution in [0.2, 0.25) is 0 Å². The first kappa shape index (κ1) is 16.7. The van der Waals surface area contributed by atoms with Gasteiger partial charge in [0, 0.05) is 27.5 Å². The molecule has 8 heteroatoms. The zero-order valence-electron chi connectivity index (χ0n) is 15.6. The number of nitrogens with zero attached hydrogens (tertiary/aromatic N) is 5. The van der Waals surface area contributed by atoms with E-state index >= 15 is 0 Å². The first-order valence-corrected chi connectivity index (χ1v) is 10.5. The summed E-state index contributed by atoms with van der Waals surface area (Å²) in [6.07, 6.45) is 8.33. The highest BCUT2D eigenvalue weighted by molar-refractivity contribution is 7.19. The van der Waals surface area contributed by atoms with Gasteiger partial charge in [-0.2, -0.15) is 0 Å². The minimum Gasteiger partial charge on any atom is -0.368 e. The number of carbonyl (C=O) groups is 1. The van der Waals surface area contributed by atoms with E-state index in [-0.39, 0.29) is 12.5 Å². The Morgan fingerprint density at radius 2 is 2.07 bits per heavy atom. The standard InChI is InChI=1S/C21H18N6OS/c22-17(28)10-26-9-14(12-5-1-3-7-15(12)26)19-24-20-18-13-6-2-4-8-16(13)29-21(18)23-11-27(20)25-19/h1,3,5,7,9,11H,2,4,6,8,10H2,(H2,22,28). The number of aromatic nitrogens is 5. The Morgan fingerprint density at radius 1 is 1.21 bits per heavy atom. The molecule has 4 heterocycles. The maximum Gasteiger partial charge on any atom is 0.237 e. The Balaban J connectivity index is 1.60. The van der Waals surface area contributed by atoms with Crippen molar-refractivity contribution in [2.24, 2.45) is 5.73 Å². The van der Waals surface area contributed by atoms with Crippen molar-refractivity contribution in [3.05, 3.63) is 47.2 Å². The molecule has 0 aliphatic heterocycles. The summed E-state index contributed by atoms with van der Waals surface area (Å²) in [6.45, 7) is 0.123. The maximum atomic E-state index is 11.5. The van der Waals surface area contributed by atoms with Gasteiger partial charge in [0.15, 0.2) is 11.5 Å². The Bertz CT molecular complexity index is 1430. The minimum absolute atomic E-state index is 0.123. The Hall–Kier alpha value is -3.26. The molecule has 29 heavy (non-hydrogen) atoms. The molecule has 0 unspecified atom stereocenters. The van der Waals surface area contributed by atoms with Crippen molar-refractivity contribution in [2.75, 3.05) is 0 Å². The van der Waals surface area contributed by atoms with Crippen molar-refractivity contribution in [1.82, 2.24) is 24.1 Å². The molecule has 0 bridgehead atoms. The highest BCUT2D eigenvalue weighted by Crippen LogP contribution is 2.38. The molecule has 4 aromatic heterocycles. The minimum atomic E-state index is -0.379. The van der Waals surface area contributed by atoms with Crippen molar-refractivity contribution >= 4 is 44.0 Å². The molecule has 0 atom stereocenters. The van der Waals surface area contributed by atoms with Gasteiger partial charge in [0.1, 0.15) is 17.7 Å². The van der Waals surface area contributed by atoms with Crippen LogP contribution in [0.3, 0.4) is 0 Å². The number of rotatable bonds is 3. The molecule has 144 valence electrons. The van der Waals surface area contributed by atoms with Gasteiger partial charge < -0.3 is 10.3 Å². The van der Waals surface area contributed by atoms with Crippen LogP contribution in [0.25, 0.3) is 38.2 Å². The van der Waals surface area contributed by atoms with Gasteiger partial charge >= 0.3 is 0 Å². The van der Waals surface area contributed by atoms with Crippen molar-refractivity contribution in [2.45, 2.75) is 32.2 Å². The number of benzene rings is 1. The van der Waals surface area contributed by atoms with E-state index in [4.69, 9.17) is 15.8 Å². The molecule has 1 aliphatic carbocycles. The van der Waals surface area contributed by atoms with Gasteiger partial charge in [0.05, 0.1) is 5.39 Å². The van der Waals surface area contributed by atoms with E-state index in [2.05, 4.69) is 4.98 Å². The molecule has 2 N–H and O–H groups in total. The van der Waals surface area contributed by atoms with Crippen LogP contribution >= 0.6 is 11.3 Å². The number of fused-ring (bicyclic) bond motifs is 6. The highest BCUT2D eigenvalue weighted by atomic mass is 32.1. The summed E-state index contributed by atoms with van der Waals surface area (Å²) in [7, 11) is 0. The first-order chi connectivity index (χ1) is 14.2. The molecule has 1 aliphatic rings. The summed E-state index contributed by atoms with van der Waals surface area (Å²) in [4.78, 5) is 23.6. The normalized spacial score (nSPS) is 14.1. The van der Waals surface area contributed by atoms with Crippen LogP contribution < -0.4 is 5.73 Å². The second-order valence-electron chi connectivity index (χ2n) is 7.49. The van der Waals surface area contributed by atoms with Crippen LogP contribution in [0.4, 0.5) is 0 Å². The second-order valence-corrected chi connectivity index (χ2v) is 8.58. The van der Waals surface area contributed by atoms with Crippen LogP contribution in [0, 0.1) is 0 Å². The fraction of sp³-hybridized carbons (Fsp3) is 0.238. The highest BCUT2D eigenvalue weighted by Gasteiger charge is 2.22. The summed E-state index contributed by atoms with van der Waals surface area (Å²) in [5.41, 5.74) is 9.52. The lowest BCUT2D eigenvalue weighted by Gasteiger charge is -2.09. The van der Waals surface area contributed by atoms with Gasteiger partial charge in [-0.3, -0.25) is 4.79 Å². The van der Waals surface area contributed by atoms with Gasteiger partial charge in [0.25, 0.3) is 0 Å². The lowest BCUT2D eigenvalue weighted by atomic mass is 9.97. The Labute approximate surface area is 169 Å². The van der Waals surface area contributed by atoms with Gasteiger partial charge in [-0.05, 0) is 37.3 Å². The molecule has 5 aromatic rings. The third-order valence-corrected chi connectivity index (χ3v) is 6.85. The number of thiophene rings is 1. The molecule has 7 nitrogen and oxygen atoms in total. The van der Waals surface area contributed by atoms with Crippen LogP contribution in [0.1, 0.15) is 23.3 Å². The number of hydrogen-bond donors (Lipinski definition) is 1. The zero-order chi connectivity index (χ0) is 19.5. The van der Waals surface area contributed by atoms with E-state index in [0.717, 1.165) is 45.2 Å². The van der Waals surface area contributed by atoms with E-state index < -0.39 is 0 Å². The molecular formula is C21H18N6OS. The Kier molecular flexibility index (Phi) is 3.52. The number of hydrogen-bond acceptors (Lipinski definition) is 5. The zero-order valence-corrected chi connectivity index (χ0v) is 16.4. The van der Waals surface area contributed by atoms with Gasteiger partial charge in [-0.15, -0.1) is 16.4 Å². The number of para-hydroxylation sites is 1. The van der Waals surface area contributed by atoms with E-state index in [1.807, 2.05) is 35.0 Å². The molecule has 1 amide bonds. The third kappa shape index (κ3) is 2.49. The predicted molar refractivity (Wildman–Crippen MR) is 113 cm³/mol. The summed E-state index contributed by atoms with van der Waals surface area (Å²) in [5, 5.41) is 6.87. The number of aryl methyl sites for hydroxylation is 2. The fourth-order valence-electron chi connectivity index (χ4n) is 4.39. The first-order valence-electron chi connectivity index (χ1n) is 9.71. The smallest absolute Gasteiger partial charge is 0.237 e. The molecular weight excluding hydrogens is 384 g/mol. The molecule has 0 saturated heterocycles. The van der Waals surface area contributed by atoms with E-state index in [1.54, 1.807) is 22.2 Å². The maximum absolute atomic E-state index is 11.5. The number of amides is 1. The molecule has 1 aromatic carbocycles. The van der Waals surface area contributed by atoms with Crippen LogP contribution in [-0.4, -0.2) is 30.1 Å². The van der Waals surface area contributed by atoms with Gasteiger partial charge in [-0.1, -0.05) is 18.2 Å². The number of carbonyl (C=O) groups excluding carboxylic acids is 1. The number of nitrogens with two attached hydrogens (primary N) is 1. The average Bonchev–Trinajstić information content (AvgIpc) is 3.40. The topological polar surface area (TPSA) is 91.1 Å². The third-order valence-electron chi connectivity index (χ3n) is 5.65. The molecule has 0 fully saturated rings. The van der Waals surface area contributed by atoms with E-state index in [1.165, 1.54) is 23.3 Å². The Morgan fingerprint density at radius 3 is 2.97 bits per heavy atom. The van der Waals surface area contributed by atoms with E-state index in [9.17, 15) is 4.79 Å². The number of primary amides is 1. The molecule has 0 saturated carbocycles. The monoisotopic (exact) mass is 402 g/mol. The van der Waals surface area contributed by atoms with Crippen LogP contribution in [-0.2, 0) is 24.2 Å². The quantitative estimate of drug-likeness (QED) is 0.501. The van der Waals surface area contributed by atoms with Crippen molar-refractivity contribution in [3.8, 4) is 11.4 Å². The van der Waals surface area contributed by atoms with Crippen molar-refractivity contribution in [3.63, 3.8) is 0 Å². The average molecular weight is 402 g/mol. The van der Waals surface area contributed by atoms with Crippen LogP contribution in [0.15, 0.2) is 36.8 Å². The van der Waals surface area contributed by atoms with Crippen molar-refractivity contribution < 1.29 is 4.79 Å². The second kappa shape index (κ2) is 6.12. The molecule has 6 rings (SSSR count). The van der Waals surface area contributed by atoms with Gasteiger partial charge in [0.2, 0.25) is 5.91 Å². The van der Waals surface area contributed by atoms with Crippen LogP contribution in [0.5, 0.6) is 0 Å². The summed E-state index contributed by atoms with van der Waals surface area (Å²) < 4.78 is 3.64. The molecule has 0 radical (unpaired) electrons. The van der Waals surface area contributed by atoms with Gasteiger partial charge in [-0.25, -0.2) is 14.5 Å². The van der Waals surface area contributed by atoms with Crippen molar-refractivity contribution in [1.29, 1.82) is 0 Å². The van der Waals surface area contributed by atoms with E-state index in [0.29, 0.717) is 5.82 Å². The largest absolute Gasteiger partial charge is 0.368 e. The summed E-state index contributed by atoms with van der Waals surface area (Å²) in [5.74, 6) is 0.255. The predicted octanol–water partition coefficient (Wildman–Crippen LogP) is 3.32. The summed E-state index contributed by atoms with van der Waals surface area (Å²) >= 11 is 1.79. The molecule has 0 spiro atoms. The summed E-state index contributed by atoms with van der Waals surface area (Å²) in [6, 6.07) is 7.93.